The number of thiophene rings is 1. The molecule has 3 heterocycles. The average molecular weight is 653 g/mol. The number of rotatable bonds is 4. The van der Waals surface area contributed by atoms with Crippen LogP contribution >= 0.6 is 22.9 Å². The first-order valence-electron chi connectivity index (χ1n) is 15.9. The standard InChI is InChI=1S/C42H25ClN4S/c43-31-14-6-8-16-33(31)44-27-20-22-34-30(24-27)39-35(21-18-25-19-23-37-40(38(25)39)29-13-5-9-17-36(29)48-37)47(34)42-45-32-15-7-4-12-28(32)41(46-42)26-10-2-1-3-11-26/h1-24,44H. The smallest absolute Gasteiger partial charge is 0.235 e. The summed E-state index contributed by atoms with van der Waals surface area (Å²) in [7, 11) is 0. The van der Waals surface area contributed by atoms with Crippen LogP contribution in [0, 0.1) is 0 Å². The van der Waals surface area contributed by atoms with Gasteiger partial charge >= 0.3 is 0 Å². The number of para-hydroxylation sites is 2. The lowest BCUT2D eigenvalue weighted by Crippen LogP contribution is -2.03. The van der Waals surface area contributed by atoms with Crippen molar-refractivity contribution in [2.45, 2.75) is 0 Å². The third kappa shape index (κ3) is 4.15. The third-order valence-corrected chi connectivity index (χ3v) is 10.7. The average Bonchev–Trinajstić information content (AvgIpc) is 3.68. The molecule has 0 amide bonds. The molecule has 226 valence electrons. The van der Waals surface area contributed by atoms with Crippen LogP contribution in [0.2, 0.25) is 5.02 Å². The molecular formula is C42H25ClN4S. The first-order valence-corrected chi connectivity index (χ1v) is 17.1. The summed E-state index contributed by atoms with van der Waals surface area (Å²) in [6.45, 7) is 0. The second-order valence-electron chi connectivity index (χ2n) is 12.0. The van der Waals surface area contributed by atoms with Gasteiger partial charge in [-0.3, -0.25) is 4.57 Å². The Bertz CT molecular complexity index is 2890. The van der Waals surface area contributed by atoms with Crippen molar-refractivity contribution >= 4 is 98.0 Å². The minimum Gasteiger partial charge on any atom is -0.354 e. The topological polar surface area (TPSA) is 42.7 Å². The molecule has 0 atom stereocenters. The van der Waals surface area contributed by atoms with Crippen molar-refractivity contribution in [1.82, 2.24) is 14.5 Å². The van der Waals surface area contributed by atoms with E-state index in [0.717, 1.165) is 50.0 Å². The van der Waals surface area contributed by atoms with Gasteiger partial charge in [0.05, 0.1) is 33.0 Å². The lowest BCUT2D eigenvalue weighted by molar-refractivity contribution is 1.01. The molecule has 0 spiro atoms. The lowest BCUT2D eigenvalue weighted by atomic mass is 9.98. The zero-order valence-electron chi connectivity index (χ0n) is 25.5. The maximum atomic E-state index is 6.59. The zero-order valence-corrected chi connectivity index (χ0v) is 27.1. The Hall–Kier alpha value is -5.75. The van der Waals surface area contributed by atoms with Crippen molar-refractivity contribution < 1.29 is 0 Å². The van der Waals surface area contributed by atoms with Crippen molar-refractivity contribution in [2.75, 3.05) is 5.32 Å². The van der Waals surface area contributed by atoms with E-state index in [2.05, 4.69) is 113 Å². The Morgan fingerprint density at radius 2 is 1.31 bits per heavy atom. The van der Waals surface area contributed by atoms with Crippen LogP contribution in [0.4, 0.5) is 11.4 Å². The zero-order chi connectivity index (χ0) is 31.8. The van der Waals surface area contributed by atoms with E-state index >= 15 is 0 Å². The summed E-state index contributed by atoms with van der Waals surface area (Å²) in [5, 5.41) is 12.6. The van der Waals surface area contributed by atoms with Gasteiger partial charge in [0.1, 0.15) is 0 Å². The molecule has 0 aliphatic carbocycles. The molecule has 10 rings (SSSR count). The molecule has 0 saturated carbocycles. The molecular weight excluding hydrogens is 628 g/mol. The van der Waals surface area contributed by atoms with E-state index in [9.17, 15) is 0 Å². The van der Waals surface area contributed by atoms with E-state index in [0.29, 0.717) is 11.0 Å². The predicted molar refractivity (Wildman–Crippen MR) is 204 cm³/mol. The van der Waals surface area contributed by atoms with E-state index in [1.165, 1.54) is 36.3 Å². The molecule has 0 radical (unpaired) electrons. The Balaban J connectivity index is 1.35. The number of fused-ring (bicyclic) bond motifs is 10. The van der Waals surface area contributed by atoms with Gasteiger partial charge < -0.3 is 5.32 Å². The minimum atomic E-state index is 0.640. The molecule has 4 nitrogen and oxygen atoms in total. The van der Waals surface area contributed by atoms with Crippen LogP contribution < -0.4 is 5.32 Å². The second-order valence-corrected chi connectivity index (χ2v) is 13.5. The first kappa shape index (κ1) is 27.4. The summed E-state index contributed by atoms with van der Waals surface area (Å²) >= 11 is 8.43. The fourth-order valence-corrected chi connectivity index (χ4v) is 8.43. The number of hydrogen-bond acceptors (Lipinski definition) is 4. The molecule has 6 heteroatoms. The van der Waals surface area contributed by atoms with Crippen LogP contribution in [0.5, 0.6) is 0 Å². The van der Waals surface area contributed by atoms with Crippen LogP contribution in [0.1, 0.15) is 0 Å². The van der Waals surface area contributed by atoms with Crippen LogP contribution in [0.25, 0.3) is 80.9 Å². The summed E-state index contributed by atoms with van der Waals surface area (Å²) in [5.41, 5.74) is 6.79. The molecule has 48 heavy (non-hydrogen) atoms. The summed E-state index contributed by atoms with van der Waals surface area (Å²) in [5.74, 6) is 0.640. The van der Waals surface area contributed by atoms with Gasteiger partial charge in [0, 0.05) is 53.0 Å². The fraction of sp³-hybridized carbons (Fsp3) is 0. The largest absolute Gasteiger partial charge is 0.354 e. The minimum absolute atomic E-state index is 0.640. The molecule has 0 unspecified atom stereocenters. The SMILES string of the molecule is Clc1ccccc1Nc1ccc2c(c1)c1c3c(ccc4sc5ccccc5c43)ccc1n2-c1nc(-c2ccccc2)c2ccccc2n1. The summed E-state index contributed by atoms with van der Waals surface area (Å²) in [6.07, 6.45) is 0. The molecule has 0 saturated heterocycles. The molecule has 7 aromatic carbocycles. The maximum absolute atomic E-state index is 6.59. The summed E-state index contributed by atoms with van der Waals surface area (Å²) in [4.78, 5) is 10.5. The number of halogens is 1. The Morgan fingerprint density at radius 3 is 2.21 bits per heavy atom. The number of benzene rings is 7. The van der Waals surface area contributed by atoms with Crippen molar-refractivity contribution in [1.29, 1.82) is 0 Å². The second kappa shape index (κ2) is 10.6. The van der Waals surface area contributed by atoms with Gasteiger partial charge in [-0.15, -0.1) is 11.3 Å². The maximum Gasteiger partial charge on any atom is 0.235 e. The molecule has 1 N–H and O–H groups in total. The molecule has 3 aromatic heterocycles. The highest BCUT2D eigenvalue weighted by Gasteiger charge is 2.21. The predicted octanol–water partition coefficient (Wildman–Crippen LogP) is 12.3. The number of nitrogens with one attached hydrogen (secondary N) is 1. The first-order chi connectivity index (χ1) is 23.7. The monoisotopic (exact) mass is 652 g/mol. The van der Waals surface area contributed by atoms with Crippen LogP contribution in [0.3, 0.4) is 0 Å². The van der Waals surface area contributed by atoms with Crippen molar-refractivity contribution in [3.8, 4) is 17.2 Å². The Kier molecular flexibility index (Phi) is 6.07. The van der Waals surface area contributed by atoms with Gasteiger partial charge in [-0.25, -0.2) is 9.97 Å². The van der Waals surface area contributed by atoms with E-state index in [1.54, 1.807) is 0 Å². The van der Waals surface area contributed by atoms with Crippen molar-refractivity contribution in [2.24, 2.45) is 0 Å². The number of aromatic nitrogens is 3. The highest BCUT2D eigenvalue weighted by molar-refractivity contribution is 7.26. The van der Waals surface area contributed by atoms with Crippen LogP contribution in [0.15, 0.2) is 146 Å². The lowest BCUT2D eigenvalue weighted by Gasteiger charge is -2.12. The van der Waals surface area contributed by atoms with E-state index < -0.39 is 0 Å². The van der Waals surface area contributed by atoms with Gasteiger partial charge in [-0.2, -0.15) is 0 Å². The quantitative estimate of drug-likeness (QED) is 0.206. The Morgan fingerprint density at radius 1 is 0.562 bits per heavy atom. The van der Waals surface area contributed by atoms with Crippen molar-refractivity contribution in [3.63, 3.8) is 0 Å². The third-order valence-electron chi connectivity index (χ3n) is 9.24. The van der Waals surface area contributed by atoms with Gasteiger partial charge in [-0.05, 0) is 60.0 Å². The fourth-order valence-electron chi connectivity index (χ4n) is 7.13. The van der Waals surface area contributed by atoms with Crippen LogP contribution in [-0.2, 0) is 0 Å². The van der Waals surface area contributed by atoms with E-state index in [4.69, 9.17) is 21.6 Å². The van der Waals surface area contributed by atoms with Crippen molar-refractivity contribution in [3.05, 3.63) is 151 Å². The molecule has 10 aromatic rings. The molecule has 0 fully saturated rings. The highest BCUT2D eigenvalue weighted by atomic mass is 35.5. The van der Waals surface area contributed by atoms with E-state index in [-0.39, 0.29) is 0 Å². The summed E-state index contributed by atoms with van der Waals surface area (Å²) < 4.78 is 4.79. The van der Waals surface area contributed by atoms with Crippen LogP contribution in [-0.4, -0.2) is 14.5 Å². The summed E-state index contributed by atoms with van der Waals surface area (Å²) in [6, 6.07) is 50.7. The number of nitrogens with zero attached hydrogens (tertiary/aromatic N) is 3. The van der Waals surface area contributed by atoms with Gasteiger partial charge in [0.25, 0.3) is 0 Å². The van der Waals surface area contributed by atoms with E-state index in [1.807, 2.05) is 53.8 Å². The highest BCUT2D eigenvalue weighted by Crippen LogP contribution is 2.45. The molecule has 0 aliphatic heterocycles. The number of anilines is 2. The van der Waals surface area contributed by atoms with Gasteiger partial charge in [0.2, 0.25) is 5.95 Å². The number of hydrogen-bond donors (Lipinski definition) is 1. The van der Waals surface area contributed by atoms with Gasteiger partial charge in [0.15, 0.2) is 0 Å². The molecule has 0 bridgehead atoms. The van der Waals surface area contributed by atoms with Gasteiger partial charge in [-0.1, -0.05) is 103 Å². The Labute approximate surface area is 284 Å². The molecule has 0 aliphatic rings. The normalized spacial score (nSPS) is 11.9.